The van der Waals surface area contributed by atoms with Crippen LogP contribution in [0.1, 0.15) is 53.4 Å². The first-order valence-electron chi connectivity index (χ1n) is 8.31. The molecular weight excluding hydrogens is 234 g/mol. The Bertz CT molecular complexity index is 267. The molecule has 2 saturated heterocycles. The van der Waals surface area contributed by atoms with Gasteiger partial charge in [0.15, 0.2) is 0 Å². The number of hydrogen-bond donors (Lipinski definition) is 1. The summed E-state index contributed by atoms with van der Waals surface area (Å²) in [5.41, 5.74) is 0. The van der Waals surface area contributed by atoms with Crippen LogP contribution in [0.15, 0.2) is 0 Å². The zero-order valence-electron chi connectivity index (χ0n) is 13.4. The van der Waals surface area contributed by atoms with Gasteiger partial charge in [0.2, 0.25) is 0 Å². The molecule has 2 aliphatic rings. The fraction of sp³-hybridized carbons (Fsp3) is 1.00. The molecule has 3 nitrogen and oxygen atoms in total. The molecule has 2 fully saturated rings. The highest BCUT2D eigenvalue weighted by atomic mass is 15.3. The highest BCUT2D eigenvalue weighted by molar-refractivity contribution is 4.91. The number of hydrogen-bond acceptors (Lipinski definition) is 3. The molecule has 19 heavy (non-hydrogen) atoms. The van der Waals surface area contributed by atoms with Gasteiger partial charge in [-0.25, -0.2) is 0 Å². The fourth-order valence-electron chi connectivity index (χ4n) is 3.74. The van der Waals surface area contributed by atoms with E-state index in [4.69, 9.17) is 0 Å². The Morgan fingerprint density at radius 1 is 1.16 bits per heavy atom. The normalized spacial score (nSPS) is 31.4. The van der Waals surface area contributed by atoms with Crippen molar-refractivity contribution in [3.63, 3.8) is 0 Å². The number of rotatable bonds is 5. The van der Waals surface area contributed by atoms with E-state index < -0.39 is 0 Å². The van der Waals surface area contributed by atoms with Crippen molar-refractivity contribution in [1.82, 2.24) is 15.1 Å². The quantitative estimate of drug-likeness (QED) is 0.825. The molecule has 0 bridgehead atoms. The third-order valence-corrected chi connectivity index (χ3v) is 4.92. The van der Waals surface area contributed by atoms with E-state index >= 15 is 0 Å². The molecule has 2 heterocycles. The van der Waals surface area contributed by atoms with Gasteiger partial charge in [0.1, 0.15) is 0 Å². The molecule has 0 aromatic carbocycles. The van der Waals surface area contributed by atoms with Crippen LogP contribution in [0, 0.1) is 0 Å². The lowest BCUT2D eigenvalue weighted by Crippen LogP contribution is -2.60. The van der Waals surface area contributed by atoms with Gasteiger partial charge in [-0.2, -0.15) is 0 Å². The molecule has 112 valence electrons. The summed E-state index contributed by atoms with van der Waals surface area (Å²) in [4.78, 5) is 5.50. The highest BCUT2D eigenvalue weighted by Gasteiger charge is 2.34. The molecule has 2 aliphatic heterocycles. The summed E-state index contributed by atoms with van der Waals surface area (Å²) in [6, 6.07) is 2.89. The second-order valence-corrected chi connectivity index (χ2v) is 6.94. The van der Waals surface area contributed by atoms with Crippen LogP contribution in [0.4, 0.5) is 0 Å². The molecule has 0 radical (unpaired) electrons. The number of piperazine rings is 1. The van der Waals surface area contributed by atoms with E-state index in [-0.39, 0.29) is 0 Å². The van der Waals surface area contributed by atoms with E-state index in [1.807, 2.05) is 0 Å². The lowest BCUT2D eigenvalue weighted by atomic mass is 9.95. The Kier molecular flexibility index (Phi) is 5.67. The molecule has 3 atom stereocenters. The molecular formula is C16H33N3. The maximum atomic E-state index is 3.55. The lowest BCUT2D eigenvalue weighted by molar-refractivity contribution is -0.00558. The van der Waals surface area contributed by atoms with Crippen LogP contribution in [-0.4, -0.2) is 60.1 Å². The maximum Gasteiger partial charge on any atom is 0.0224 e. The standard InChI is InChI=1S/C16H33N3/c1-13(2)17-9-8-14(3)19-12-16-7-5-6-10-18(16)11-15(19)4/h13-17H,5-12H2,1-4H3. The van der Waals surface area contributed by atoms with Crippen molar-refractivity contribution in [1.29, 1.82) is 0 Å². The van der Waals surface area contributed by atoms with Crippen LogP contribution in [-0.2, 0) is 0 Å². The third-order valence-electron chi connectivity index (χ3n) is 4.92. The van der Waals surface area contributed by atoms with Gasteiger partial charge in [-0.15, -0.1) is 0 Å². The molecule has 0 saturated carbocycles. The Morgan fingerprint density at radius 2 is 1.95 bits per heavy atom. The van der Waals surface area contributed by atoms with E-state index in [1.165, 1.54) is 45.3 Å². The second kappa shape index (κ2) is 7.05. The van der Waals surface area contributed by atoms with Crippen LogP contribution < -0.4 is 5.32 Å². The molecule has 0 amide bonds. The topological polar surface area (TPSA) is 18.5 Å². The van der Waals surface area contributed by atoms with E-state index in [0.29, 0.717) is 12.1 Å². The highest BCUT2D eigenvalue weighted by Crippen LogP contribution is 2.25. The van der Waals surface area contributed by atoms with E-state index in [1.54, 1.807) is 0 Å². The maximum absolute atomic E-state index is 3.55. The average molecular weight is 267 g/mol. The van der Waals surface area contributed by atoms with Gasteiger partial charge in [-0.05, 0) is 46.2 Å². The minimum atomic E-state index is 0.611. The fourth-order valence-corrected chi connectivity index (χ4v) is 3.74. The molecule has 3 unspecified atom stereocenters. The Labute approximate surface area is 119 Å². The average Bonchev–Trinajstić information content (AvgIpc) is 2.37. The summed E-state index contributed by atoms with van der Waals surface area (Å²) in [6.07, 6.45) is 5.54. The van der Waals surface area contributed by atoms with Gasteiger partial charge in [-0.3, -0.25) is 9.80 Å². The summed E-state index contributed by atoms with van der Waals surface area (Å²) in [7, 11) is 0. The smallest absolute Gasteiger partial charge is 0.0224 e. The van der Waals surface area contributed by atoms with Crippen molar-refractivity contribution in [3.05, 3.63) is 0 Å². The SMILES string of the molecule is CC(C)NCCC(C)N1CC2CCCCN2CC1C. The summed E-state index contributed by atoms with van der Waals surface area (Å²) in [6.45, 7) is 14.4. The van der Waals surface area contributed by atoms with Crippen LogP contribution >= 0.6 is 0 Å². The summed E-state index contributed by atoms with van der Waals surface area (Å²) in [5.74, 6) is 0. The van der Waals surface area contributed by atoms with Crippen LogP contribution in [0.3, 0.4) is 0 Å². The molecule has 2 rings (SSSR count). The molecule has 3 heteroatoms. The van der Waals surface area contributed by atoms with Crippen molar-refractivity contribution in [2.24, 2.45) is 0 Å². The van der Waals surface area contributed by atoms with Crippen molar-refractivity contribution >= 4 is 0 Å². The monoisotopic (exact) mass is 267 g/mol. The molecule has 0 aromatic heterocycles. The third kappa shape index (κ3) is 4.17. The van der Waals surface area contributed by atoms with E-state index in [2.05, 4.69) is 42.8 Å². The second-order valence-electron chi connectivity index (χ2n) is 6.94. The molecule has 0 aliphatic carbocycles. The van der Waals surface area contributed by atoms with Gasteiger partial charge >= 0.3 is 0 Å². The minimum Gasteiger partial charge on any atom is -0.314 e. The number of nitrogens with one attached hydrogen (secondary N) is 1. The minimum absolute atomic E-state index is 0.611. The summed E-state index contributed by atoms with van der Waals surface area (Å²) >= 11 is 0. The van der Waals surface area contributed by atoms with Crippen LogP contribution in [0.5, 0.6) is 0 Å². The first-order valence-corrected chi connectivity index (χ1v) is 8.31. The van der Waals surface area contributed by atoms with Crippen molar-refractivity contribution in [3.8, 4) is 0 Å². The first kappa shape index (κ1) is 15.3. The van der Waals surface area contributed by atoms with Gasteiger partial charge in [-0.1, -0.05) is 20.3 Å². The Hall–Kier alpha value is -0.120. The van der Waals surface area contributed by atoms with Crippen LogP contribution in [0.2, 0.25) is 0 Å². The Balaban J connectivity index is 1.81. The predicted molar refractivity (Wildman–Crippen MR) is 82.6 cm³/mol. The van der Waals surface area contributed by atoms with Gasteiger partial charge in [0.25, 0.3) is 0 Å². The zero-order valence-corrected chi connectivity index (χ0v) is 13.4. The summed E-state index contributed by atoms with van der Waals surface area (Å²) < 4.78 is 0. The van der Waals surface area contributed by atoms with Gasteiger partial charge < -0.3 is 5.32 Å². The zero-order chi connectivity index (χ0) is 13.8. The largest absolute Gasteiger partial charge is 0.314 e. The first-order chi connectivity index (χ1) is 9.08. The molecule has 0 spiro atoms. The van der Waals surface area contributed by atoms with Gasteiger partial charge in [0.05, 0.1) is 0 Å². The van der Waals surface area contributed by atoms with E-state index in [0.717, 1.165) is 18.6 Å². The van der Waals surface area contributed by atoms with Crippen LogP contribution in [0.25, 0.3) is 0 Å². The van der Waals surface area contributed by atoms with E-state index in [9.17, 15) is 0 Å². The number of fused-ring (bicyclic) bond motifs is 1. The number of nitrogens with zero attached hydrogens (tertiary/aromatic N) is 2. The molecule has 0 aromatic rings. The summed E-state index contributed by atoms with van der Waals surface area (Å²) in [5, 5.41) is 3.55. The van der Waals surface area contributed by atoms with Crippen molar-refractivity contribution in [2.45, 2.75) is 77.5 Å². The van der Waals surface area contributed by atoms with Gasteiger partial charge in [0, 0.05) is 37.3 Å². The lowest BCUT2D eigenvalue weighted by Gasteiger charge is -2.49. The van der Waals surface area contributed by atoms with Crippen molar-refractivity contribution < 1.29 is 0 Å². The predicted octanol–water partition coefficient (Wildman–Crippen LogP) is 2.32. The Morgan fingerprint density at radius 3 is 2.68 bits per heavy atom. The number of piperidine rings is 1. The van der Waals surface area contributed by atoms with Crippen molar-refractivity contribution in [2.75, 3.05) is 26.2 Å². The molecule has 1 N–H and O–H groups in total.